The second-order valence-electron chi connectivity index (χ2n) is 6.30. The van der Waals surface area contributed by atoms with Crippen LogP contribution in [0, 0.1) is 17.8 Å². The standard InChI is InChI=1S/C17H30/c1-2-3-4-5-6-7-8-9-10-16-13-15-11-12-17(16)14-15/h11-12,15-17H,2-10,13-14H2,1H3/t15-,16+,17-/m1/s1. The minimum Gasteiger partial charge on any atom is -0.0851 e. The summed E-state index contributed by atoms with van der Waals surface area (Å²) in [5.41, 5.74) is 0. The van der Waals surface area contributed by atoms with Gasteiger partial charge in [-0.2, -0.15) is 0 Å². The van der Waals surface area contributed by atoms with Crippen molar-refractivity contribution < 1.29 is 0 Å². The average Bonchev–Trinajstić information content (AvgIpc) is 2.94. The normalized spacial score (nSPS) is 30.3. The lowest BCUT2D eigenvalue weighted by Gasteiger charge is -2.17. The molecule has 0 heterocycles. The summed E-state index contributed by atoms with van der Waals surface area (Å²) in [5.74, 6) is 3.01. The SMILES string of the molecule is CCCCCCCCCC[C@H]1C[C@H]2C=C[C@@H]1C2. The molecule has 1 fully saturated rings. The van der Waals surface area contributed by atoms with Gasteiger partial charge in [-0.15, -0.1) is 0 Å². The smallest absolute Gasteiger partial charge is 0.0199 e. The highest BCUT2D eigenvalue weighted by Crippen LogP contribution is 2.45. The summed E-state index contributed by atoms with van der Waals surface area (Å²) in [6, 6.07) is 0. The van der Waals surface area contributed by atoms with Crippen LogP contribution in [-0.2, 0) is 0 Å². The lowest BCUT2D eigenvalue weighted by atomic mass is 9.88. The van der Waals surface area contributed by atoms with E-state index in [1.54, 1.807) is 0 Å². The van der Waals surface area contributed by atoms with E-state index in [4.69, 9.17) is 0 Å². The van der Waals surface area contributed by atoms with Crippen molar-refractivity contribution in [1.82, 2.24) is 0 Å². The molecule has 2 aliphatic rings. The number of hydrogen-bond acceptors (Lipinski definition) is 0. The van der Waals surface area contributed by atoms with Crippen molar-refractivity contribution in [2.24, 2.45) is 17.8 Å². The average molecular weight is 234 g/mol. The number of fused-ring (bicyclic) bond motifs is 2. The van der Waals surface area contributed by atoms with Crippen LogP contribution < -0.4 is 0 Å². The Morgan fingerprint density at radius 2 is 1.53 bits per heavy atom. The van der Waals surface area contributed by atoms with Crippen molar-refractivity contribution >= 4 is 0 Å². The van der Waals surface area contributed by atoms with E-state index in [-0.39, 0.29) is 0 Å². The predicted octanol–water partition coefficient (Wildman–Crippen LogP) is 5.73. The molecule has 0 heteroatoms. The van der Waals surface area contributed by atoms with Crippen LogP contribution in [0.15, 0.2) is 12.2 Å². The molecule has 2 rings (SSSR count). The van der Waals surface area contributed by atoms with Crippen LogP contribution in [-0.4, -0.2) is 0 Å². The van der Waals surface area contributed by atoms with E-state index in [1.807, 2.05) is 0 Å². The summed E-state index contributed by atoms with van der Waals surface area (Å²) in [7, 11) is 0. The van der Waals surface area contributed by atoms with Crippen molar-refractivity contribution in [3.63, 3.8) is 0 Å². The fourth-order valence-electron chi connectivity index (χ4n) is 3.77. The summed E-state index contributed by atoms with van der Waals surface area (Å²) >= 11 is 0. The Hall–Kier alpha value is -0.260. The van der Waals surface area contributed by atoms with Crippen LogP contribution in [0.25, 0.3) is 0 Å². The molecule has 0 spiro atoms. The second kappa shape index (κ2) is 7.24. The van der Waals surface area contributed by atoms with E-state index in [2.05, 4.69) is 19.1 Å². The molecule has 2 aliphatic carbocycles. The van der Waals surface area contributed by atoms with Gasteiger partial charge in [0.15, 0.2) is 0 Å². The summed E-state index contributed by atoms with van der Waals surface area (Å²) in [5, 5.41) is 0. The number of hydrogen-bond donors (Lipinski definition) is 0. The van der Waals surface area contributed by atoms with Crippen LogP contribution in [0.5, 0.6) is 0 Å². The van der Waals surface area contributed by atoms with Gasteiger partial charge in [-0.25, -0.2) is 0 Å². The van der Waals surface area contributed by atoms with Crippen LogP contribution in [0.1, 0.15) is 77.6 Å². The van der Waals surface area contributed by atoms with E-state index in [9.17, 15) is 0 Å². The maximum Gasteiger partial charge on any atom is -0.0199 e. The van der Waals surface area contributed by atoms with Gasteiger partial charge in [0, 0.05) is 0 Å². The third-order valence-electron chi connectivity index (χ3n) is 4.84. The largest absolute Gasteiger partial charge is 0.0851 e. The first-order chi connectivity index (χ1) is 8.40. The highest BCUT2D eigenvalue weighted by atomic mass is 14.4. The molecule has 0 radical (unpaired) electrons. The second-order valence-corrected chi connectivity index (χ2v) is 6.30. The quantitative estimate of drug-likeness (QED) is 0.353. The van der Waals surface area contributed by atoms with Gasteiger partial charge in [-0.1, -0.05) is 70.4 Å². The lowest BCUT2D eigenvalue weighted by Crippen LogP contribution is -2.06. The van der Waals surface area contributed by atoms with Crippen LogP contribution in [0.4, 0.5) is 0 Å². The molecule has 98 valence electrons. The van der Waals surface area contributed by atoms with Gasteiger partial charge in [-0.3, -0.25) is 0 Å². The number of unbranched alkanes of at least 4 members (excludes halogenated alkanes) is 7. The van der Waals surface area contributed by atoms with E-state index in [0.29, 0.717) is 0 Å². The monoisotopic (exact) mass is 234 g/mol. The zero-order chi connectivity index (χ0) is 11.9. The Balaban J connectivity index is 1.41. The molecule has 3 atom stereocenters. The summed E-state index contributed by atoms with van der Waals surface area (Å²) < 4.78 is 0. The molecule has 2 bridgehead atoms. The molecule has 1 saturated carbocycles. The molecule has 17 heavy (non-hydrogen) atoms. The Kier molecular flexibility index (Phi) is 5.61. The van der Waals surface area contributed by atoms with Crippen LogP contribution in [0.2, 0.25) is 0 Å². The molecule has 0 saturated heterocycles. The molecule has 0 aromatic carbocycles. The summed E-state index contributed by atoms with van der Waals surface area (Å²) in [6.07, 6.45) is 21.2. The number of allylic oxidation sites excluding steroid dienone is 2. The van der Waals surface area contributed by atoms with Gasteiger partial charge in [-0.05, 0) is 37.0 Å². The Morgan fingerprint density at radius 3 is 2.12 bits per heavy atom. The third kappa shape index (κ3) is 4.16. The Morgan fingerprint density at radius 1 is 0.824 bits per heavy atom. The highest BCUT2D eigenvalue weighted by molar-refractivity contribution is 5.09. The molecule has 0 aromatic heterocycles. The van der Waals surface area contributed by atoms with Gasteiger partial charge in [0.1, 0.15) is 0 Å². The minimum atomic E-state index is 0.971. The molecule has 0 N–H and O–H groups in total. The molecule has 0 aromatic rings. The predicted molar refractivity (Wildman–Crippen MR) is 76.1 cm³/mol. The Labute approximate surface area is 108 Å². The fraction of sp³-hybridized carbons (Fsp3) is 0.882. The van der Waals surface area contributed by atoms with Gasteiger partial charge in [0.2, 0.25) is 0 Å². The molecule has 0 aliphatic heterocycles. The van der Waals surface area contributed by atoms with Crippen LogP contribution in [0.3, 0.4) is 0 Å². The Bertz CT molecular complexity index is 228. The first kappa shape index (κ1) is 13.2. The van der Waals surface area contributed by atoms with Crippen molar-refractivity contribution in [1.29, 1.82) is 0 Å². The molecule has 0 amide bonds. The molecule has 0 unspecified atom stereocenters. The van der Waals surface area contributed by atoms with Crippen LogP contribution >= 0.6 is 0 Å². The number of rotatable bonds is 9. The lowest BCUT2D eigenvalue weighted by molar-refractivity contribution is 0.393. The van der Waals surface area contributed by atoms with E-state index >= 15 is 0 Å². The van der Waals surface area contributed by atoms with Crippen molar-refractivity contribution in [3.8, 4) is 0 Å². The van der Waals surface area contributed by atoms with Crippen molar-refractivity contribution in [3.05, 3.63) is 12.2 Å². The van der Waals surface area contributed by atoms with Crippen molar-refractivity contribution in [2.45, 2.75) is 77.6 Å². The van der Waals surface area contributed by atoms with E-state index < -0.39 is 0 Å². The minimum absolute atomic E-state index is 0.971. The first-order valence-electron chi connectivity index (χ1n) is 8.08. The van der Waals surface area contributed by atoms with E-state index in [0.717, 1.165) is 17.8 Å². The van der Waals surface area contributed by atoms with Gasteiger partial charge >= 0.3 is 0 Å². The molecular formula is C17H30. The summed E-state index contributed by atoms with van der Waals surface area (Å²) in [6.45, 7) is 2.30. The van der Waals surface area contributed by atoms with Gasteiger partial charge < -0.3 is 0 Å². The topological polar surface area (TPSA) is 0 Å². The van der Waals surface area contributed by atoms with E-state index in [1.165, 1.54) is 70.6 Å². The maximum absolute atomic E-state index is 2.50. The fourth-order valence-corrected chi connectivity index (χ4v) is 3.77. The van der Waals surface area contributed by atoms with Crippen molar-refractivity contribution in [2.75, 3.05) is 0 Å². The van der Waals surface area contributed by atoms with Gasteiger partial charge in [0.25, 0.3) is 0 Å². The molecular weight excluding hydrogens is 204 g/mol. The third-order valence-corrected chi connectivity index (χ3v) is 4.84. The molecule has 0 nitrogen and oxygen atoms in total. The first-order valence-corrected chi connectivity index (χ1v) is 8.08. The zero-order valence-corrected chi connectivity index (χ0v) is 11.7. The zero-order valence-electron chi connectivity index (χ0n) is 11.7. The van der Waals surface area contributed by atoms with Gasteiger partial charge in [0.05, 0.1) is 0 Å². The summed E-state index contributed by atoms with van der Waals surface area (Å²) in [4.78, 5) is 0. The highest BCUT2D eigenvalue weighted by Gasteiger charge is 2.34. The maximum atomic E-state index is 2.50.